The van der Waals surface area contributed by atoms with Crippen LogP contribution in [-0.2, 0) is 6.42 Å². The van der Waals surface area contributed by atoms with Crippen LogP contribution < -0.4 is 4.72 Å². The van der Waals surface area contributed by atoms with E-state index in [0.29, 0.717) is 5.56 Å². The van der Waals surface area contributed by atoms with Gasteiger partial charge < -0.3 is 0 Å². The van der Waals surface area contributed by atoms with E-state index in [4.69, 9.17) is 0 Å². The normalized spacial score (nSPS) is 14.2. The summed E-state index contributed by atoms with van der Waals surface area (Å²) in [5, 5.41) is 0.750. The van der Waals surface area contributed by atoms with Crippen LogP contribution in [-0.4, -0.2) is 10.9 Å². The van der Waals surface area contributed by atoms with Gasteiger partial charge >= 0.3 is 0 Å². The summed E-state index contributed by atoms with van der Waals surface area (Å²) in [5.74, 6) is -0.151. The molecule has 0 saturated carbocycles. The van der Waals surface area contributed by atoms with Gasteiger partial charge in [-0.1, -0.05) is 6.92 Å². The van der Waals surface area contributed by atoms with Gasteiger partial charge in [-0.05, 0) is 25.0 Å². The SMILES string of the molecule is CCc1cc2c(nc1C)S[N]C2=O. The molecular formula is C9H9N2OS. The van der Waals surface area contributed by atoms with Crippen LogP contribution in [0, 0.1) is 6.92 Å². The Hall–Kier alpha value is -1.03. The fourth-order valence-electron chi connectivity index (χ4n) is 1.34. The van der Waals surface area contributed by atoms with Crippen molar-refractivity contribution < 1.29 is 4.79 Å². The molecular weight excluding hydrogens is 184 g/mol. The summed E-state index contributed by atoms with van der Waals surface area (Å²) >= 11 is 1.17. The second-order valence-electron chi connectivity index (χ2n) is 2.93. The van der Waals surface area contributed by atoms with Crippen molar-refractivity contribution in [2.24, 2.45) is 0 Å². The third-order valence-electron chi connectivity index (χ3n) is 2.11. The molecule has 1 aliphatic rings. The number of carbonyl (C=O) groups is 1. The lowest BCUT2D eigenvalue weighted by molar-refractivity contribution is 0.0983. The van der Waals surface area contributed by atoms with Crippen LogP contribution in [0.5, 0.6) is 0 Å². The molecule has 0 unspecified atom stereocenters. The van der Waals surface area contributed by atoms with E-state index < -0.39 is 0 Å². The fourth-order valence-corrected chi connectivity index (χ4v) is 2.03. The average molecular weight is 193 g/mol. The molecule has 0 fully saturated rings. The number of carbonyl (C=O) groups excluding carboxylic acids is 1. The van der Waals surface area contributed by atoms with E-state index in [-0.39, 0.29) is 5.91 Å². The highest BCUT2D eigenvalue weighted by molar-refractivity contribution is 7.98. The predicted molar refractivity (Wildman–Crippen MR) is 50.7 cm³/mol. The van der Waals surface area contributed by atoms with Gasteiger partial charge in [-0.15, -0.1) is 0 Å². The maximum atomic E-state index is 11.2. The molecule has 2 rings (SSSR count). The minimum Gasteiger partial charge on any atom is -0.266 e. The maximum Gasteiger partial charge on any atom is 0.286 e. The lowest BCUT2D eigenvalue weighted by atomic mass is 10.1. The third kappa shape index (κ3) is 1.31. The van der Waals surface area contributed by atoms with Gasteiger partial charge in [-0.3, -0.25) is 4.79 Å². The van der Waals surface area contributed by atoms with Gasteiger partial charge in [0.05, 0.1) is 5.56 Å². The summed E-state index contributed by atoms with van der Waals surface area (Å²) in [6.45, 7) is 4.02. The Morgan fingerprint density at radius 1 is 1.54 bits per heavy atom. The highest BCUT2D eigenvalue weighted by Crippen LogP contribution is 2.28. The van der Waals surface area contributed by atoms with E-state index in [1.807, 2.05) is 13.0 Å². The van der Waals surface area contributed by atoms with E-state index in [9.17, 15) is 4.79 Å². The number of hydrogen-bond donors (Lipinski definition) is 0. The minimum atomic E-state index is -0.151. The Balaban J connectivity index is 2.57. The van der Waals surface area contributed by atoms with E-state index in [2.05, 4.69) is 16.6 Å². The standard InChI is InChI=1S/C9H9N2OS/c1-3-6-4-7-8(12)11-13-9(7)10-5(6)2/h4H,3H2,1-2H3. The van der Waals surface area contributed by atoms with Crippen LogP contribution in [0.1, 0.15) is 28.5 Å². The maximum absolute atomic E-state index is 11.2. The Bertz CT molecular complexity index is 376. The number of hydrogen-bond acceptors (Lipinski definition) is 3. The first-order chi connectivity index (χ1) is 6.22. The zero-order valence-electron chi connectivity index (χ0n) is 7.50. The van der Waals surface area contributed by atoms with Crippen molar-refractivity contribution >= 4 is 17.9 Å². The van der Waals surface area contributed by atoms with Crippen LogP contribution in [0.15, 0.2) is 11.1 Å². The number of rotatable bonds is 1. The van der Waals surface area contributed by atoms with E-state index in [1.54, 1.807) is 0 Å². The molecule has 1 aliphatic heterocycles. The fraction of sp³-hybridized carbons (Fsp3) is 0.333. The molecule has 0 N–H and O–H groups in total. The molecule has 67 valence electrons. The van der Waals surface area contributed by atoms with Crippen LogP contribution in [0.3, 0.4) is 0 Å². The number of nitrogens with zero attached hydrogens (tertiary/aromatic N) is 2. The first kappa shape index (κ1) is 8.56. The van der Waals surface area contributed by atoms with Crippen molar-refractivity contribution in [2.75, 3.05) is 0 Å². The van der Waals surface area contributed by atoms with Gasteiger partial charge in [0.15, 0.2) is 0 Å². The van der Waals surface area contributed by atoms with Gasteiger partial charge in [0.1, 0.15) is 5.03 Å². The van der Waals surface area contributed by atoms with Crippen molar-refractivity contribution in [1.29, 1.82) is 0 Å². The van der Waals surface area contributed by atoms with Crippen molar-refractivity contribution in [2.45, 2.75) is 25.3 Å². The van der Waals surface area contributed by atoms with Gasteiger partial charge in [0.25, 0.3) is 5.91 Å². The minimum absolute atomic E-state index is 0.151. The Labute approximate surface area is 81.1 Å². The second-order valence-corrected chi connectivity index (χ2v) is 3.68. The number of amides is 1. The molecule has 0 aromatic carbocycles. The number of aromatic nitrogens is 1. The van der Waals surface area contributed by atoms with Crippen molar-refractivity contribution in [3.05, 3.63) is 22.9 Å². The molecule has 4 heteroatoms. The molecule has 0 saturated heterocycles. The Morgan fingerprint density at radius 2 is 2.31 bits per heavy atom. The molecule has 1 amide bonds. The summed E-state index contributed by atoms with van der Waals surface area (Å²) in [5.41, 5.74) is 2.79. The lowest BCUT2D eigenvalue weighted by Crippen LogP contribution is -2.02. The summed E-state index contributed by atoms with van der Waals surface area (Å²) in [6.07, 6.45) is 0.907. The molecule has 1 aromatic heterocycles. The molecule has 3 nitrogen and oxygen atoms in total. The zero-order valence-corrected chi connectivity index (χ0v) is 8.31. The average Bonchev–Trinajstić information content (AvgIpc) is 2.46. The quantitative estimate of drug-likeness (QED) is 0.638. The molecule has 1 radical (unpaired) electrons. The van der Waals surface area contributed by atoms with Crippen molar-refractivity contribution in [3.63, 3.8) is 0 Å². The highest BCUT2D eigenvalue weighted by atomic mass is 32.2. The first-order valence-electron chi connectivity index (χ1n) is 4.15. The molecule has 13 heavy (non-hydrogen) atoms. The lowest BCUT2D eigenvalue weighted by Gasteiger charge is -2.02. The molecule has 0 bridgehead atoms. The topological polar surface area (TPSA) is 44.1 Å². The zero-order chi connectivity index (χ0) is 9.42. The largest absolute Gasteiger partial charge is 0.286 e. The summed E-state index contributed by atoms with van der Waals surface area (Å²) in [6, 6.07) is 1.91. The number of aryl methyl sites for hydroxylation is 2. The molecule has 0 spiro atoms. The van der Waals surface area contributed by atoms with Crippen LogP contribution in [0.4, 0.5) is 0 Å². The van der Waals surface area contributed by atoms with E-state index >= 15 is 0 Å². The van der Waals surface area contributed by atoms with Gasteiger partial charge in [-0.2, -0.15) is 4.72 Å². The van der Waals surface area contributed by atoms with E-state index in [1.165, 1.54) is 11.9 Å². The second kappa shape index (κ2) is 3.03. The van der Waals surface area contributed by atoms with Crippen LogP contribution in [0.25, 0.3) is 0 Å². The van der Waals surface area contributed by atoms with Gasteiger partial charge in [-0.25, -0.2) is 4.98 Å². The Kier molecular flexibility index (Phi) is 2.00. The highest BCUT2D eigenvalue weighted by Gasteiger charge is 2.24. The summed E-state index contributed by atoms with van der Waals surface area (Å²) < 4.78 is 3.74. The number of fused-ring (bicyclic) bond motifs is 1. The molecule has 0 atom stereocenters. The third-order valence-corrected chi connectivity index (χ3v) is 2.85. The molecule has 1 aromatic rings. The van der Waals surface area contributed by atoms with Crippen molar-refractivity contribution in [3.8, 4) is 0 Å². The first-order valence-corrected chi connectivity index (χ1v) is 4.92. The number of pyridine rings is 1. The Morgan fingerprint density at radius 3 is 3.00 bits per heavy atom. The molecule has 2 heterocycles. The van der Waals surface area contributed by atoms with Gasteiger partial charge in [0, 0.05) is 17.6 Å². The smallest absolute Gasteiger partial charge is 0.266 e. The summed E-state index contributed by atoms with van der Waals surface area (Å²) in [4.78, 5) is 15.5. The van der Waals surface area contributed by atoms with Crippen LogP contribution >= 0.6 is 11.9 Å². The monoisotopic (exact) mass is 193 g/mol. The van der Waals surface area contributed by atoms with Crippen LogP contribution in [0.2, 0.25) is 0 Å². The molecule has 0 aliphatic carbocycles. The van der Waals surface area contributed by atoms with Crippen molar-refractivity contribution in [1.82, 2.24) is 9.71 Å². The van der Waals surface area contributed by atoms with E-state index in [0.717, 1.165) is 22.7 Å². The summed E-state index contributed by atoms with van der Waals surface area (Å²) in [7, 11) is 0. The van der Waals surface area contributed by atoms with Gasteiger partial charge in [0.2, 0.25) is 0 Å². The predicted octanol–water partition coefficient (Wildman–Crippen LogP) is 1.72.